The number of aldehydes is 1. The molecule has 3 amide bonds. The van der Waals surface area contributed by atoms with Crippen molar-refractivity contribution in [2.75, 3.05) is 40.3 Å². The molecule has 0 spiro atoms. The Hall–Kier alpha value is -2.37. The maximum Gasteiger partial charge on any atom is 0.319 e. The molecule has 112 valence electrons. The van der Waals surface area contributed by atoms with E-state index in [-0.39, 0.29) is 11.9 Å². The number of rotatable bonds is 2. The Morgan fingerprint density at radius 1 is 1.00 bits per heavy atom. The number of piperazine rings is 1. The van der Waals surface area contributed by atoms with Crippen LogP contribution in [0, 0.1) is 0 Å². The molecule has 1 aromatic rings. The van der Waals surface area contributed by atoms with Crippen LogP contribution in [-0.2, 0) is 0 Å². The average Bonchev–Trinajstić information content (AvgIpc) is 2.53. The van der Waals surface area contributed by atoms with Crippen molar-refractivity contribution < 1.29 is 14.4 Å². The van der Waals surface area contributed by atoms with Gasteiger partial charge in [-0.2, -0.15) is 0 Å². The van der Waals surface area contributed by atoms with Gasteiger partial charge in [-0.05, 0) is 12.1 Å². The van der Waals surface area contributed by atoms with Crippen molar-refractivity contribution in [3.05, 3.63) is 35.4 Å². The summed E-state index contributed by atoms with van der Waals surface area (Å²) in [4.78, 5) is 39.8. The third-order valence-corrected chi connectivity index (χ3v) is 3.51. The van der Waals surface area contributed by atoms with E-state index >= 15 is 0 Å². The molecule has 0 aromatic heterocycles. The predicted octanol–water partition coefficient (Wildman–Crippen LogP) is 0.938. The zero-order valence-corrected chi connectivity index (χ0v) is 12.3. The van der Waals surface area contributed by atoms with E-state index < -0.39 is 0 Å². The lowest BCUT2D eigenvalue weighted by Crippen LogP contribution is -2.52. The van der Waals surface area contributed by atoms with Gasteiger partial charge in [0.25, 0.3) is 5.91 Å². The average molecular weight is 289 g/mol. The highest BCUT2D eigenvalue weighted by molar-refractivity contribution is 5.95. The van der Waals surface area contributed by atoms with Crippen LogP contribution in [0.3, 0.4) is 0 Å². The summed E-state index contributed by atoms with van der Waals surface area (Å²) in [6, 6.07) is 6.54. The normalized spacial score (nSPS) is 14.8. The van der Waals surface area contributed by atoms with Crippen LogP contribution in [0.1, 0.15) is 20.7 Å². The van der Waals surface area contributed by atoms with Crippen molar-refractivity contribution >= 4 is 18.2 Å². The number of hydrogen-bond acceptors (Lipinski definition) is 3. The maximum atomic E-state index is 12.3. The van der Waals surface area contributed by atoms with Crippen molar-refractivity contribution in [3.8, 4) is 0 Å². The smallest absolute Gasteiger partial charge is 0.319 e. The van der Waals surface area contributed by atoms with E-state index in [1.807, 2.05) is 0 Å². The lowest BCUT2D eigenvalue weighted by molar-refractivity contribution is 0.0650. The monoisotopic (exact) mass is 289 g/mol. The van der Waals surface area contributed by atoms with Crippen molar-refractivity contribution in [3.63, 3.8) is 0 Å². The SMILES string of the molecule is CN(C)C(=O)N1CCN(C(=O)c2ccc(C=O)cc2)CC1. The number of nitrogens with zero attached hydrogens (tertiary/aromatic N) is 3. The minimum absolute atomic E-state index is 0.0302. The van der Waals surface area contributed by atoms with Crippen molar-refractivity contribution in [2.24, 2.45) is 0 Å². The van der Waals surface area contributed by atoms with E-state index in [1.54, 1.807) is 48.2 Å². The molecular weight excluding hydrogens is 270 g/mol. The molecule has 0 radical (unpaired) electrons. The summed E-state index contributed by atoms with van der Waals surface area (Å²) in [6.45, 7) is 2.12. The first kappa shape index (κ1) is 15.0. The number of urea groups is 1. The van der Waals surface area contributed by atoms with E-state index in [9.17, 15) is 14.4 Å². The van der Waals surface area contributed by atoms with E-state index in [1.165, 1.54) is 4.90 Å². The maximum absolute atomic E-state index is 12.3. The molecule has 1 aliphatic heterocycles. The van der Waals surface area contributed by atoms with Gasteiger partial charge in [-0.1, -0.05) is 12.1 Å². The molecular formula is C15H19N3O3. The molecule has 0 atom stereocenters. The second kappa shape index (κ2) is 6.39. The van der Waals surface area contributed by atoms with Crippen LogP contribution in [0.5, 0.6) is 0 Å². The molecule has 0 bridgehead atoms. The van der Waals surface area contributed by atoms with Gasteiger partial charge in [0.2, 0.25) is 0 Å². The molecule has 2 rings (SSSR count). The Labute approximate surface area is 123 Å². The summed E-state index contributed by atoms with van der Waals surface area (Å²) in [5, 5.41) is 0. The molecule has 0 unspecified atom stereocenters. The van der Waals surface area contributed by atoms with Gasteiger partial charge < -0.3 is 14.7 Å². The lowest BCUT2D eigenvalue weighted by Gasteiger charge is -2.36. The van der Waals surface area contributed by atoms with Gasteiger partial charge in [0.15, 0.2) is 0 Å². The molecule has 0 saturated carbocycles. The number of hydrogen-bond donors (Lipinski definition) is 0. The predicted molar refractivity (Wildman–Crippen MR) is 78.4 cm³/mol. The number of carbonyl (C=O) groups excluding carboxylic acids is 3. The van der Waals surface area contributed by atoms with Gasteiger partial charge in [-0.15, -0.1) is 0 Å². The van der Waals surface area contributed by atoms with Crippen LogP contribution in [0.4, 0.5) is 4.79 Å². The van der Waals surface area contributed by atoms with E-state index in [0.717, 1.165) is 6.29 Å². The number of benzene rings is 1. The summed E-state index contributed by atoms with van der Waals surface area (Å²) in [7, 11) is 3.43. The number of carbonyl (C=O) groups is 3. The lowest BCUT2D eigenvalue weighted by atomic mass is 10.1. The Morgan fingerprint density at radius 2 is 1.52 bits per heavy atom. The van der Waals surface area contributed by atoms with Crippen molar-refractivity contribution in [1.29, 1.82) is 0 Å². The van der Waals surface area contributed by atoms with Crippen LogP contribution in [-0.4, -0.2) is 73.2 Å². The highest BCUT2D eigenvalue weighted by Crippen LogP contribution is 2.10. The third kappa shape index (κ3) is 3.39. The Morgan fingerprint density at radius 3 is 2.00 bits per heavy atom. The fourth-order valence-electron chi connectivity index (χ4n) is 2.27. The highest BCUT2D eigenvalue weighted by Gasteiger charge is 2.25. The molecule has 21 heavy (non-hydrogen) atoms. The van der Waals surface area contributed by atoms with Gasteiger partial charge in [-0.3, -0.25) is 9.59 Å². The van der Waals surface area contributed by atoms with Crippen molar-refractivity contribution in [2.45, 2.75) is 0 Å². The van der Waals surface area contributed by atoms with E-state index in [0.29, 0.717) is 37.3 Å². The van der Waals surface area contributed by atoms with E-state index in [2.05, 4.69) is 0 Å². The molecule has 1 fully saturated rings. The van der Waals surface area contributed by atoms with E-state index in [4.69, 9.17) is 0 Å². The second-order valence-corrected chi connectivity index (χ2v) is 5.20. The standard InChI is InChI=1S/C15H19N3O3/c1-16(2)15(21)18-9-7-17(8-10-18)14(20)13-5-3-12(11-19)4-6-13/h3-6,11H,7-10H2,1-2H3. The largest absolute Gasteiger partial charge is 0.335 e. The van der Waals surface area contributed by atoms with Crippen LogP contribution >= 0.6 is 0 Å². The fraction of sp³-hybridized carbons (Fsp3) is 0.400. The molecule has 6 heteroatoms. The van der Waals surface area contributed by atoms with Gasteiger partial charge in [0.05, 0.1) is 0 Å². The minimum atomic E-state index is -0.0654. The topological polar surface area (TPSA) is 60.9 Å². The highest BCUT2D eigenvalue weighted by atomic mass is 16.2. The van der Waals surface area contributed by atoms with Gasteiger partial charge >= 0.3 is 6.03 Å². The summed E-state index contributed by atoms with van der Waals surface area (Å²) in [5.74, 6) is -0.0654. The van der Waals surface area contributed by atoms with Crippen LogP contribution in [0.25, 0.3) is 0 Å². The Bertz CT molecular complexity index is 532. The molecule has 6 nitrogen and oxygen atoms in total. The molecule has 1 aromatic carbocycles. The zero-order chi connectivity index (χ0) is 15.4. The van der Waals surface area contributed by atoms with Crippen LogP contribution < -0.4 is 0 Å². The van der Waals surface area contributed by atoms with Gasteiger partial charge in [-0.25, -0.2) is 4.79 Å². The molecule has 1 saturated heterocycles. The summed E-state index contributed by atoms with van der Waals surface area (Å²) in [5.41, 5.74) is 1.11. The van der Waals surface area contributed by atoms with Crippen LogP contribution in [0.15, 0.2) is 24.3 Å². The quantitative estimate of drug-likeness (QED) is 0.761. The zero-order valence-electron chi connectivity index (χ0n) is 12.3. The summed E-state index contributed by atoms with van der Waals surface area (Å²) >= 11 is 0. The summed E-state index contributed by atoms with van der Waals surface area (Å²) in [6.07, 6.45) is 0.750. The minimum Gasteiger partial charge on any atom is -0.335 e. The first-order valence-electron chi connectivity index (χ1n) is 6.83. The summed E-state index contributed by atoms with van der Waals surface area (Å²) < 4.78 is 0. The Kier molecular flexibility index (Phi) is 4.57. The van der Waals surface area contributed by atoms with Crippen LogP contribution in [0.2, 0.25) is 0 Å². The number of amides is 3. The first-order valence-corrected chi connectivity index (χ1v) is 6.83. The second-order valence-electron chi connectivity index (χ2n) is 5.20. The molecule has 0 N–H and O–H groups in total. The third-order valence-electron chi connectivity index (χ3n) is 3.51. The molecule has 1 aliphatic rings. The van der Waals surface area contributed by atoms with Gasteiger partial charge in [0.1, 0.15) is 6.29 Å². The Balaban J connectivity index is 1.96. The van der Waals surface area contributed by atoms with Gasteiger partial charge in [0, 0.05) is 51.4 Å². The molecule has 1 heterocycles. The first-order chi connectivity index (χ1) is 10.0. The van der Waals surface area contributed by atoms with Crippen molar-refractivity contribution in [1.82, 2.24) is 14.7 Å². The fourth-order valence-corrected chi connectivity index (χ4v) is 2.27. The molecule has 0 aliphatic carbocycles.